The zero-order valence-corrected chi connectivity index (χ0v) is 19.4. The summed E-state index contributed by atoms with van der Waals surface area (Å²) in [5.74, 6) is 1.82. The lowest BCUT2D eigenvalue weighted by Crippen LogP contribution is -2.39. The predicted octanol–water partition coefficient (Wildman–Crippen LogP) is 5.18. The molecule has 5 rings (SSSR count). The van der Waals surface area contributed by atoms with E-state index in [1.165, 1.54) is 0 Å². The number of ether oxygens (including phenoxy) is 2. The number of carbonyl (C=O) groups is 1. The smallest absolute Gasteiger partial charge is 0.259 e. The number of aromatic nitrogens is 4. The SMILES string of the molecule is Cc1ccc(Oc2ncccc2C(=O)N2CCCC(c3nccnc3Oc3ccccc3)C2)cn1. The second-order valence-corrected chi connectivity index (χ2v) is 8.35. The van der Waals surface area contributed by atoms with Crippen molar-refractivity contribution in [1.29, 1.82) is 0 Å². The summed E-state index contributed by atoms with van der Waals surface area (Å²) < 4.78 is 11.9. The summed E-state index contributed by atoms with van der Waals surface area (Å²) in [7, 11) is 0. The van der Waals surface area contributed by atoms with Gasteiger partial charge in [-0.05, 0) is 56.2 Å². The van der Waals surface area contributed by atoms with Crippen molar-refractivity contribution in [2.45, 2.75) is 25.7 Å². The van der Waals surface area contributed by atoms with Gasteiger partial charge < -0.3 is 14.4 Å². The second-order valence-electron chi connectivity index (χ2n) is 8.35. The fourth-order valence-corrected chi connectivity index (χ4v) is 4.11. The van der Waals surface area contributed by atoms with Crippen LogP contribution >= 0.6 is 0 Å². The van der Waals surface area contributed by atoms with Gasteiger partial charge in [-0.2, -0.15) is 0 Å². The molecule has 1 saturated heterocycles. The first kappa shape index (κ1) is 22.5. The summed E-state index contributed by atoms with van der Waals surface area (Å²) in [6.07, 6.45) is 8.25. The van der Waals surface area contributed by atoms with E-state index in [0.717, 1.165) is 24.2 Å². The molecule has 1 unspecified atom stereocenters. The van der Waals surface area contributed by atoms with Crippen LogP contribution in [-0.2, 0) is 0 Å². The van der Waals surface area contributed by atoms with Crippen molar-refractivity contribution in [2.75, 3.05) is 13.1 Å². The summed E-state index contributed by atoms with van der Waals surface area (Å²) in [5, 5.41) is 0. The molecule has 176 valence electrons. The Hall–Kier alpha value is -4.33. The van der Waals surface area contributed by atoms with Crippen LogP contribution in [0.3, 0.4) is 0 Å². The normalized spacial score (nSPS) is 15.5. The van der Waals surface area contributed by atoms with E-state index in [2.05, 4.69) is 19.9 Å². The molecule has 1 atom stereocenters. The van der Waals surface area contributed by atoms with Gasteiger partial charge >= 0.3 is 0 Å². The van der Waals surface area contributed by atoms with Gasteiger partial charge in [0.2, 0.25) is 11.8 Å². The van der Waals surface area contributed by atoms with E-state index in [0.29, 0.717) is 36.0 Å². The Kier molecular flexibility index (Phi) is 6.61. The third kappa shape index (κ3) is 5.27. The molecule has 8 nitrogen and oxygen atoms in total. The summed E-state index contributed by atoms with van der Waals surface area (Å²) in [6.45, 7) is 3.05. The van der Waals surface area contributed by atoms with E-state index >= 15 is 0 Å². The molecular weight excluding hydrogens is 442 g/mol. The van der Waals surface area contributed by atoms with Crippen LogP contribution in [0.1, 0.15) is 40.5 Å². The summed E-state index contributed by atoms with van der Waals surface area (Å²) in [5.41, 5.74) is 2.05. The van der Waals surface area contributed by atoms with Crippen LogP contribution in [0.25, 0.3) is 0 Å². The van der Waals surface area contributed by atoms with Crippen LogP contribution in [0, 0.1) is 6.92 Å². The molecule has 4 aromatic rings. The molecule has 0 spiro atoms. The lowest BCUT2D eigenvalue weighted by atomic mass is 9.94. The van der Waals surface area contributed by atoms with E-state index in [4.69, 9.17) is 9.47 Å². The highest BCUT2D eigenvalue weighted by Crippen LogP contribution is 2.34. The number of amides is 1. The lowest BCUT2D eigenvalue weighted by molar-refractivity contribution is 0.0701. The Labute approximate surface area is 203 Å². The number of piperidine rings is 1. The van der Waals surface area contributed by atoms with Gasteiger partial charge in [0.25, 0.3) is 5.91 Å². The number of para-hydroxylation sites is 1. The molecule has 1 aromatic carbocycles. The third-order valence-electron chi connectivity index (χ3n) is 5.84. The highest BCUT2D eigenvalue weighted by Gasteiger charge is 2.30. The van der Waals surface area contributed by atoms with Crippen molar-refractivity contribution < 1.29 is 14.3 Å². The molecule has 35 heavy (non-hydrogen) atoms. The van der Waals surface area contributed by atoms with Crippen molar-refractivity contribution >= 4 is 5.91 Å². The maximum absolute atomic E-state index is 13.5. The monoisotopic (exact) mass is 467 g/mol. The Morgan fingerprint density at radius 3 is 2.49 bits per heavy atom. The standard InChI is InChI=1S/C27H25N5O3/c1-19-11-12-22(17-31-19)35-25-23(10-5-13-29-25)27(33)32-16-6-7-20(18-32)24-26(30-15-14-28-24)34-21-8-3-2-4-9-21/h2-5,8-15,17,20H,6-7,16,18H2,1H3. The van der Waals surface area contributed by atoms with Crippen LogP contribution in [0.4, 0.5) is 0 Å². The lowest BCUT2D eigenvalue weighted by Gasteiger charge is -2.33. The fourth-order valence-electron chi connectivity index (χ4n) is 4.11. The minimum Gasteiger partial charge on any atom is -0.437 e. The highest BCUT2D eigenvalue weighted by atomic mass is 16.5. The number of benzene rings is 1. The average Bonchev–Trinajstić information content (AvgIpc) is 2.91. The molecule has 0 saturated carbocycles. The Morgan fingerprint density at radius 2 is 1.66 bits per heavy atom. The minimum absolute atomic E-state index is 0.00227. The van der Waals surface area contributed by atoms with E-state index in [9.17, 15) is 4.79 Å². The summed E-state index contributed by atoms with van der Waals surface area (Å²) in [4.78, 5) is 32.9. The van der Waals surface area contributed by atoms with Gasteiger partial charge in [0.1, 0.15) is 22.8 Å². The number of hydrogen-bond donors (Lipinski definition) is 0. The average molecular weight is 468 g/mol. The second kappa shape index (κ2) is 10.3. The molecule has 1 amide bonds. The molecule has 4 heterocycles. The number of likely N-dealkylation sites (tertiary alicyclic amines) is 1. The Balaban J connectivity index is 1.35. The molecule has 3 aromatic heterocycles. The van der Waals surface area contributed by atoms with Crippen LogP contribution < -0.4 is 9.47 Å². The Bertz CT molecular complexity index is 1300. The van der Waals surface area contributed by atoms with E-state index < -0.39 is 0 Å². The van der Waals surface area contributed by atoms with Crippen molar-refractivity contribution in [2.24, 2.45) is 0 Å². The number of rotatable bonds is 6. The molecular formula is C27H25N5O3. The Morgan fingerprint density at radius 1 is 0.857 bits per heavy atom. The molecule has 0 aliphatic carbocycles. The van der Waals surface area contributed by atoms with Crippen molar-refractivity contribution in [3.63, 3.8) is 0 Å². The zero-order valence-electron chi connectivity index (χ0n) is 19.4. The first-order valence-electron chi connectivity index (χ1n) is 11.6. The number of nitrogens with zero attached hydrogens (tertiary/aromatic N) is 5. The van der Waals surface area contributed by atoms with Crippen molar-refractivity contribution in [3.05, 3.63) is 96.3 Å². The third-order valence-corrected chi connectivity index (χ3v) is 5.84. The van der Waals surface area contributed by atoms with E-state index in [-0.39, 0.29) is 17.7 Å². The van der Waals surface area contributed by atoms with Gasteiger partial charge in [0, 0.05) is 43.3 Å². The van der Waals surface area contributed by atoms with Gasteiger partial charge in [0.15, 0.2) is 0 Å². The maximum Gasteiger partial charge on any atom is 0.259 e. The molecule has 1 aliphatic rings. The van der Waals surface area contributed by atoms with Gasteiger partial charge in [-0.15, -0.1) is 0 Å². The number of aryl methyl sites for hydroxylation is 1. The largest absolute Gasteiger partial charge is 0.437 e. The molecule has 1 fully saturated rings. The molecule has 0 N–H and O–H groups in total. The number of carbonyl (C=O) groups excluding carboxylic acids is 1. The maximum atomic E-state index is 13.5. The minimum atomic E-state index is -0.132. The molecule has 8 heteroatoms. The highest BCUT2D eigenvalue weighted by molar-refractivity contribution is 5.96. The van der Waals surface area contributed by atoms with Gasteiger partial charge in [-0.25, -0.2) is 9.97 Å². The van der Waals surface area contributed by atoms with Crippen molar-refractivity contribution in [1.82, 2.24) is 24.8 Å². The molecule has 0 radical (unpaired) electrons. The van der Waals surface area contributed by atoms with E-state index in [1.807, 2.05) is 54.3 Å². The quantitative estimate of drug-likeness (QED) is 0.386. The van der Waals surface area contributed by atoms with Gasteiger partial charge in [-0.3, -0.25) is 14.8 Å². The first-order chi connectivity index (χ1) is 17.2. The zero-order chi connectivity index (χ0) is 24.0. The number of hydrogen-bond acceptors (Lipinski definition) is 7. The van der Waals surface area contributed by atoms with Crippen LogP contribution in [-0.4, -0.2) is 43.8 Å². The fraction of sp³-hybridized carbons (Fsp3) is 0.222. The van der Waals surface area contributed by atoms with Crippen LogP contribution in [0.5, 0.6) is 23.3 Å². The van der Waals surface area contributed by atoms with Crippen LogP contribution in [0.2, 0.25) is 0 Å². The first-order valence-corrected chi connectivity index (χ1v) is 11.6. The topological polar surface area (TPSA) is 90.3 Å². The van der Waals surface area contributed by atoms with E-state index in [1.54, 1.807) is 36.9 Å². The summed E-state index contributed by atoms with van der Waals surface area (Å²) >= 11 is 0. The molecule has 0 bridgehead atoms. The predicted molar refractivity (Wildman–Crippen MR) is 130 cm³/mol. The van der Waals surface area contributed by atoms with Gasteiger partial charge in [0.05, 0.1) is 6.20 Å². The summed E-state index contributed by atoms with van der Waals surface area (Å²) in [6, 6.07) is 16.6. The van der Waals surface area contributed by atoms with Gasteiger partial charge in [-0.1, -0.05) is 18.2 Å². The molecule has 1 aliphatic heterocycles. The number of pyridine rings is 2. The van der Waals surface area contributed by atoms with Crippen molar-refractivity contribution in [3.8, 4) is 23.3 Å². The van der Waals surface area contributed by atoms with Crippen LogP contribution in [0.15, 0.2) is 79.4 Å².